The van der Waals surface area contributed by atoms with E-state index in [4.69, 9.17) is 0 Å². The molecule has 3 aromatic carbocycles. The maximum absolute atomic E-state index is 3.29. The van der Waals surface area contributed by atoms with Crippen LogP contribution < -0.4 is 4.90 Å². The van der Waals surface area contributed by atoms with Gasteiger partial charge in [0.25, 0.3) is 0 Å². The molecule has 4 aliphatic rings. The summed E-state index contributed by atoms with van der Waals surface area (Å²) in [5.74, 6) is 0. The number of anilines is 3. The van der Waals surface area contributed by atoms with Gasteiger partial charge in [0.2, 0.25) is 0 Å². The molecule has 0 fully saturated rings. The Hall–Kier alpha value is -7.50. The van der Waals surface area contributed by atoms with Gasteiger partial charge < -0.3 is 4.90 Å². The highest BCUT2D eigenvalue weighted by Gasteiger charge is 2.13. The summed E-state index contributed by atoms with van der Waals surface area (Å²) in [4.78, 5) is 2.29. The Bertz CT molecular complexity index is 2470. The second-order valence-electron chi connectivity index (χ2n) is 12.9. The van der Waals surface area contributed by atoms with E-state index in [0.29, 0.717) is 0 Å². The van der Waals surface area contributed by atoms with Crippen LogP contribution in [0.3, 0.4) is 0 Å². The van der Waals surface area contributed by atoms with E-state index >= 15 is 0 Å². The fourth-order valence-electron chi connectivity index (χ4n) is 6.19. The standard InChI is InChI=1S/C54H39N/c1-5-18-44(19-6-1)22-13-15-24-46-32-38-51(39-33-46)55(52-40-34-47(35-41-52)25-16-14-23-45-20-7-2-8-21-45)53-42-36-48(37-43-53)26-17-31-54(49-27-9-3-10-28-49)50-29-11-4-12-30-50/h1-5,7,9,11,13-18,20,22-27,29,31-43H,10,28H2. The molecule has 7 rings (SSSR count). The minimum absolute atomic E-state index is 1.00. The molecule has 0 atom stereocenters. The third-order valence-electron chi connectivity index (χ3n) is 9.00. The maximum Gasteiger partial charge on any atom is 0.0462 e. The van der Waals surface area contributed by atoms with E-state index < -0.39 is 0 Å². The molecule has 0 saturated heterocycles. The molecule has 0 spiro atoms. The predicted molar refractivity (Wildman–Crippen MR) is 234 cm³/mol. The molecule has 0 aliphatic heterocycles. The number of benzene rings is 3. The normalized spacial score (nSPS) is 15.7. The summed E-state index contributed by atoms with van der Waals surface area (Å²) in [5, 5.41) is 0. The van der Waals surface area contributed by atoms with E-state index in [1.165, 1.54) is 11.1 Å². The number of hydrogen-bond donors (Lipinski definition) is 0. The fraction of sp³-hybridized carbons (Fsp3) is 0.0370. The third kappa shape index (κ3) is 10.3. The number of allylic oxidation sites excluding steroid dienone is 25. The molecular weight excluding hydrogens is 663 g/mol. The first-order valence-corrected chi connectivity index (χ1v) is 18.5. The Morgan fingerprint density at radius 1 is 0.491 bits per heavy atom. The molecule has 3 aromatic rings. The minimum Gasteiger partial charge on any atom is -0.311 e. The first-order chi connectivity index (χ1) is 27.3. The van der Waals surface area contributed by atoms with E-state index in [1.807, 2.05) is 72.9 Å². The van der Waals surface area contributed by atoms with Crippen molar-refractivity contribution in [2.24, 2.45) is 0 Å². The van der Waals surface area contributed by atoms with Crippen LogP contribution in [0.1, 0.15) is 29.5 Å². The summed E-state index contributed by atoms with van der Waals surface area (Å²) in [7, 11) is 0. The molecule has 55 heavy (non-hydrogen) atoms. The van der Waals surface area contributed by atoms with Gasteiger partial charge in [0.1, 0.15) is 0 Å². The average molecular weight is 702 g/mol. The van der Waals surface area contributed by atoms with Crippen molar-refractivity contribution in [1.82, 2.24) is 0 Å². The van der Waals surface area contributed by atoms with Gasteiger partial charge in [0.05, 0.1) is 0 Å². The van der Waals surface area contributed by atoms with Gasteiger partial charge in [0.15, 0.2) is 0 Å². The molecule has 0 bridgehead atoms. The highest BCUT2D eigenvalue weighted by atomic mass is 15.1. The summed E-state index contributed by atoms with van der Waals surface area (Å²) in [6.07, 6.45) is 49.2. The summed E-state index contributed by atoms with van der Waals surface area (Å²) >= 11 is 0. The molecule has 4 aliphatic carbocycles. The van der Waals surface area contributed by atoms with E-state index in [1.54, 1.807) is 0 Å². The van der Waals surface area contributed by atoms with E-state index in [-0.39, 0.29) is 0 Å². The number of rotatable bonds is 13. The van der Waals surface area contributed by atoms with Crippen LogP contribution in [0.4, 0.5) is 17.1 Å². The van der Waals surface area contributed by atoms with Gasteiger partial charge in [-0.05, 0) is 126 Å². The fourth-order valence-corrected chi connectivity index (χ4v) is 6.19. The molecule has 0 saturated carbocycles. The van der Waals surface area contributed by atoms with Crippen molar-refractivity contribution in [3.05, 3.63) is 273 Å². The number of nitrogens with zero attached hydrogens (tertiary/aromatic N) is 1. The zero-order chi connectivity index (χ0) is 37.3. The SMILES string of the molecule is C1=C=C(C=CC=Cc2ccc(N(c3ccc(C=CC=CC4=C=C=CC=C4)cc3)c3ccc(C=CC=C(C4=C=C=CC=C4)C4=CC=CCC4)cc3)cc2)C=CC=1. The first-order valence-electron chi connectivity index (χ1n) is 18.5. The second-order valence-corrected chi connectivity index (χ2v) is 12.9. The molecule has 1 nitrogen and oxygen atoms in total. The molecule has 0 heterocycles. The van der Waals surface area contributed by atoms with Crippen LogP contribution in [0, 0.1) is 0 Å². The van der Waals surface area contributed by atoms with Crippen LogP contribution in [0.15, 0.2) is 257 Å². The Morgan fingerprint density at radius 3 is 1.40 bits per heavy atom. The Morgan fingerprint density at radius 2 is 0.964 bits per heavy atom. The predicted octanol–water partition coefficient (Wildman–Crippen LogP) is 13.9. The van der Waals surface area contributed by atoms with Crippen LogP contribution in [0.2, 0.25) is 0 Å². The molecule has 0 aromatic heterocycles. The van der Waals surface area contributed by atoms with Crippen LogP contribution >= 0.6 is 0 Å². The molecular formula is C54H39N. The average Bonchev–Trinajstić information content (AvgIpc) is 3.26. The molecule has 0 unspecified atom stereocenters. The molecule has 1 heteroatoms. The maximum atomic E-state index is 3.29. The first kappa shape index (κ1) is 35.9. The van der Waals surface area contributed by atoms with Gasteiger partial charge in [-0.25, -0.2) is 0 Å². The Kier molecular flexibility index (Phi) is 12.3. The van der Waals surface area contributed by atoms with E-state index in [9.17, 15) is 0 Å². The van der Waals surface area contributed by atoms with Gasteiger partial charge >= 0.3 is 0 Å². The van der Waals surface area contributed by atoms with Gasteiger partial charge in [0, 0.05) is 33.8 Å². The Labute approximate surface area is 325 Å². The highest BCUT2D eigenvalue weighted by Crippen LogP contribution is 2.35. The Balaban J connectivity index is 1.13. The van der Waals surface area contributed by atoms with E-state index in [0.717, 1.165) is 63.3 Å². The summed E-state index contributed by atoms with van der Waals surface area (Å²) in [6.45, 7) is 0. The van der Waals surface area contributed by atoms with Crippen molar-refractivity contribution in [3.8, 4) is 0 Å². The topological polar surface area (TPSA) is 3.24 Å². The molecule has 0 amide bonds. The van der Waals surface area contributed by atoms with E-state index in [2.05, 4.69) is 179 Å². The molecule has 260 valence electrons. The van der Waals surface area contributed by atoms with Gasteiger partial charge in [-0.2, -0.15) is 0 Å². The van der Waals surface area contributed by atoms with Crippen LogP contribution in [0.25, 0.3) is 18.2 Å². The van der Waals surface area contributed by atoms with Gasteiger partial charge in [-0.1, -0.05) is 162 Å². The quantitative estimate of drug-likeness (QED) is 0.127. The summed E-state index contributed by atoms with van der Waals surface area (Å²) in [5.41, 5.74) is 30.8. The van der Waals surface area contributed by atoms with Crippen molar-refractivity contribution in [2.45, 2.75) is 12.8 Å². The minimum atomic E-state index is 1.00. The summed E-state index contributed by atoms with van der Waals surface area (Å²) < 4.78 is 0. The van der Waals surface area contributed by atoms with Crippen LogP contribution in [-0.4, -0.2) is 0 Å². The van der Waals surface area contributed by atoms with Crippen molar-refractivity contribution in [2.75, 3.05) is 4.90 Å². The van der Waals surface area contributed by atoms with Crippen molar-refractivity contribution < 1.29 is 0 Å². The largest absolute Gasteiger partial charge is 0.311 e. The number of hydrogen-bond acceptors (Lipinski definition) is 1. The third-order valence-corrected chi connectivity index (χ3v) is 9.00. The van der Waals surface area contributed by atoms with Gasteiger partial charge in [-0.3, -0.25) is 0 Å². The summed E-state index contributed by atoms with van der Waals surface area (Å²) in [6, 6.07) is 26.0. The van der Waals surface area contributed by atoms with Crippen molar-refractivity contribution in [3.63, 3.8) is 0 Å². The monoisotopic (exact) mass is 701 g/mol. The zero-order valence-corrected chi connectivity index (χ0v) is 30.6. The van der Waals surface area contributed by atoms with Crippen molar-refractivity contribution >= 4 is 35.3 Å². The lowest BCUT2D eigenvalue weighted by Gasteiger charge is -2.26. The molecule has 0 N–H and O–H groups in total. The lowest BCUT2D eigenvalue weighted by Crippen LogP contribution is -2.09. The highest BCUT2D eigenvalue weighted by molar-refractivity contribution is 5.78. The molecule has 0 radical (unpaired) electrons. The zero-order valence-electron chi connectivity index (χ0n) is 30.6. The van der Waals surface area contributed by atoms with Crippen LogP contribution in [0.5, 0.6) is 0 Å². The van der Waals surface area contributed by atoms with Crippen LogP contribution in [-0.2, 0) is 0 Å². The smallest absolute Gasteiger partial charge is 0.0462 e. The second kappa shape index (κ2) is 18.8. The lowest BCUT2D eigenvalue weighted by atomic mass is 9.91. The lowest BCUT2D eigenvalue weighted by molar-refractivity contribution is 0.974. The van der Waals surface area contributed by atoms with Crippen molar-refractivity contribution in [1.29, 1.82) is 0 Å². The van der Waals surface area contributed by atoms with Gasteiger partial charge in [-0.15, -0.1) is 0 Å².